The van der Waals surface area contributed by atoms with Crippen molar-refractivity contribution in [2.45, 2.75) is 11.8 Å². The first kappa shape index (κ1) is 14.2. The van der Waals surface area contributed by atoms with E-state index in [-0.39, 0.29) is 4.90 Å². The van der Waals surface area contributed by atoms with Gasteiger partial charge in [0, 0.05) is 0 Å². The van der Waals surface area contributed by atoms with E-state index in [1.807, 2.05) is 37.3 Å². The van der Waals surface area contributed by atoms with Crippen LogP contribution in [0.3, 0.4) is 0 Å². The third-order valence-electron chi connectivity index (χ3n) is 2.73. The van der Waals surface area contributed by atoms with Crippen LogP contribution in [0.15, 0.2) is 64.6 Å². The number of primary sulfonamides is 1. The van der Waals surface area contributed by atoms with Crippen LogP contribution in [0, 0.1) is 0 Å². The van der Waals surface area contributed by atoms with E-state index >= 15 is 0 Å². The van der Waals surface area contributed by atoms with E-state index in [9.17, 15) is 8.42 Å². The average molecular weight is 289 g/mol. The van der Waals surface area contributed by atoms with Crippen molar-refractivity contribution in [1.82, 2.24) is 0 Å². The molecule has 6 heteroatoms. The van der Waals surface area contributed by atoms with Crippen LogP contribution in [-0.2, 0) is 10.0 Å². The molecule has 0 amide bonds. The van der Waals surface area contributed by atoms with Crippen molar-refractivity contribution < 1.29 is 8.42 Å². The molecule has 0 atom stereocenters. The summed E-state index contributed by atoms with van der Waals surface area (Å²) >= 11 is 0. The molecule has 2 rings (SSSR count). The molecular formula is C14H15N3O2S. The van der Waals surface area contributed by atoms with Crippen LogP contribution < -0.4 is 10.6 Å². The second kappa shape index (κ2) is 5.85. The predicted octanol–water partition coefficient (Wildman–Crippen LogP) is 2.17. The highest BCUT2D eigenvalue weighted by atomic mass is 32.2. The first-order chi connectivity index (χ1) is 9.47. The molecule has 0 fully saturated rings. The van der Waals surface area contributed by atoms with Gasteiger partial charge in [-0.15, -0.1) is 0 Å². The number of nitrogens with one attached hydrogen (secondary N) is 1. The van der Waals surface area contributed by atoms with Crippen LogP contribution in [0.4, 0.5) is 5.69 Å². The SMILES string of the molecule is CC(=NNc1ccc(S(N)(=O)=O)cc1)c1ccccc1. The molecule has 0 radical (unpaired) electrons. The Bertz CT molecular complexity index is 708. The molecule has 2 aromatic rings. The summed E-state index contributed by atoms with van der Waals surface area (Å²) in [6.45, 7) is 1.89. The molecule has 5 nitrogen and oxygen atoms in total. The van der Waals surface area contributed by atoms with Gasteiger partial charge in [0.2, 0.25) is 10.0 Å². The number of rotatable bonds is 4. The topological polar surface area (TPSA) is 84.5 Å². The number of sulfonamides is 1. The smallest absolute Gasteiger partial charge is 0.238 e. The lowest BCUT2D eigenvalue weighted by atomic mass is 10.1. The van der Waals surface area contributed by atoms with E-state index in [4.69, 9.17) is 5.14 Å². The summed E-state index contributed by atoms with van der Waals surface area (Å²) in [5.41, 5.74) is 5.41. The molecule has 3 N–H and O–H groups in total. The maximum Gasteiger partial charge on any atom is 0.238 e. The molecule has 104 valence electrons. The summed E-state index contributed by atoms with van der Waals surface area (Å²) in [4.78, 5) is 0.0758. The zero-order valence-corrected chi connectivity index (χ0v) is 11.8. The van der Waals surface area contributed by atoms with Crippen molar-refractivity contribution in [2.75, 3.05) is 5.43 Å². The summed E-state index contributed by atoms with van der Waals surface area (Å²) < 4.78 is 22.3. The van der Waals surface area contributed by atoms with E-state index in [1.165, 1.54) is 12.1 Å². The van der Waals surface area contributed by atoms with Gasteiger partial charge in [-0.05, 0) is 36.8 Å². The minimum Gasteiger partial charge on any atom is -0.278 e. The predicted molar refractivity (Wildman–Crippen MR) is 80.1 cm³/mol. The van der Waals surface area contributed by atoms with E-state index in [2.05, 4.69) is 10.5 Å². The fraction of sp³-hybridized carbons (Fsp3) is 0.0714. The van der Waals surface area contributed by atoms with E-state index in [0.717, 1.165) is 11.3 Å². The zero-order chi connectivity index (χ0) is 14.6. The lowest BCUT2D eigenvalue weighted by molar-refractivity contribution is 0.598. The normalized spacial score (nSPS) is 12.2. The van der Waals surface area contributed by atoms with E-state index < -0.39 is 10.0 Å². The Kier molecular flexibility index (Phi) is 4.16. The minimum absolute atomic E-state index is 0.0758. The standard InChI is InChI=1S/C14H15N3O2S/c1-11(12-5-3-2-4-6-12)16-17-13-7-9-14(10-8-13)20(15,18)19/h2-10,17H,1H3,(H2,15,18,19). The molecule has 0 heterocycles. The maximum absolute atomic E-state index is 11.1. The van der Waals surface area contributed by atoms with Crippen molar-refractivity contribution >= 4 is 21.4 Å². The van der Waals surface area contributed by atoms with Crippen molar-refractivity contribution in [3.05, 3.63) is 60.2 Å². The minimum atomic E-state index is -3.66. The summed E-state index contributed by atoms with van der Waals surface area (Å²) in [5, 5.41) is 9.27. The van der Waals surface area contributed by atoms with Crippen molar-refractivity contribution in [2.24, 2.45) is 10.2 Å². The number of anilines is 1. The number of hydrogen-bond donors (Lipinski definition) is 2. The van der Waals surface area contributed by atoms with Crippen LogP contribution in [0.2, 0.25) is 0 Å². The Labute approximate surface area is 118 Å². The van der Waals surface area contributed by atoms with Gasteiger partial charge in [-0.2, -0.15) is 5.10 Å². The highest BCUT2D eigenvalue weighted by molar-refractivity contribution is 7.89. The first-order valence-electron chi connectivity index (χ1n) is 5.95. The molecule has 0 aliphatic carbocycles. The Morgan fingerprint density at radius 2 is 1.65 bits per heavy atom. The Hall–Kier alpha value is -2.18. The van der Waals surface area contributed by atoms with Gasteiger partial charge in [0.05, 0.1) is 16.3 Å². The van der Waals surface area contributed by atoms with Crippen LogP contribution in [0.5, 0.6) is 0 Å². The molecule has 0 saturated carbocycles. The van der Waals surface area contributed by atoms with Crippen molar-refractivity contribution in [3.63, 3.8) is 0 Å². The van der Waals surface area contributed by atoms with E-state index in [1.54, 1.807) is 12.1 Å². The van der Waals surface area contributed by atoms with Crippen molar-refractivity contribution in [1.29, 1.82) is 0 Å². The summed E-state index contributed by atoms with van der Waals surface area (Å²) in [6.07, 6.45) is 0. The van der Waals surface area contributed by atoms with E-state index in [0.29, 0.717) is 5.69 Å². The largest absolute Gasteiger partial charge is 0.278 e. The van der Waals surface area contributed by atoms with Gasteiger partial charge >= 0.3 is 0 Å². The fourth-order valence-electron chi connectivity index (χ4n) is 1.61. The third-order valence-corrected chi connectivity index (χ3v) is 3.66. The quantitative estimate of drug-likeness (QED) is 0.668. The van der Waals surface area contributed by atoms with Gasteiger partial charge in [0.25, 0.3) is 0 Å². The molecule has 0 aliphatic rings. The van der Waals surface area contributed by atoms with Crippen LogP contribution in [-0.4, -0.2) is 14.1 Å². The highest BCUT2D eigenvalue weighted by Gasteiger charge is 2.06. The lowest BCUT2D eigenvalue weighted by Gasteiger charge is -2.04. The van der Waals surface area contributed by atoms with Crippen LogP contribution >= 0.6 is 0 Å². The number of benzene rings is 2. The molecule has 0 unspecified atom stereocenters. The average Bonchev–Trinajstić information content (AvgIpc) is 2.45. The number of nitrogens with two attached hydrogens (primary N) is 1. The number of nitrogens with zero attached hydrogens (tertiary/aromatic N) is 1. The molecule has 0 bridgehead atoms. The molecule has 2 aromatic carbocycles. The highest BCUT2D eigenvalue weighted by Crippen LogP contribution is 2.13. The van der Waals surface area contributed by atoms with Gasteiger partial charge < -0.3 is 0 Å². The monoisotopic (exact) mass is 289 g/mol. The third kappa shape index (κ3) is 3.66. The number of hydrogen-bond acceptors (Lipinski definition) is 4. The van der Waals surface area contributed by atoms with Gasteiger partial charge in [0.1, 0.15) is 0 Å². The van der Waals surface area contributed by atoms with Gasteiger partial charge in [-0.25, -0.2) is 13.6 Å². The second-order valence-corrected chi connectivity index (χ2v) is 5.81. The Balaban J connectivity index is 2.12. The summed E-state index contributed by atoms with van der Waals surface area (Å²) in [5.74, 6) is 0. The molecule has 0 aliphatic heterocycles. The molecule has 0 spiro atoms. The molecule has 0 aromatic heterocycles. The van der Waals surface area contributed by atoms with Gasteiger partial charge in [-0.3, -0.25) is 5.43 Å². The molecule has 20 heavy (non-hydrogen) atoms. The van der Waals surface area contributed by atoms with Gasteiger partial charge in [-0.1, -0.05) is 30.3 Å². The van der Waals surface area contributed by atoms with Crippen LogP contribution in [0.1, 0.15) is 12.5 Å². The Morgan fingerprint density at radius 1 is 1.05 bits per heavy atom. The fourth-order valence-corrected chi connectivity index (χ4v) is 2.13. The summed E-state index contributed by atoms with van der Waals surface area (Å²) in [6, 6.07) is 15.8. The van der Waals surface area contributed by atoms with Crippen molar-refractivity contribution in [3.8, 4) is 0 Å². The Morgan fingerprint density at radius 3 is 2.20 bits per heavy atom. The summed E-state index contributed by atoms with van der Waals surface area (Å²) in [7, 11) is -3.66. The van der Waals surface area contributed by atoms with Crippen LogP contribution in [0.25, 0.3) is 0 Å². The first-order valence-corrected chi connectivity index (χ1v) is 7.50. The van der Waals surface area contributed by atoms with Gasteiger partial charge in [0.15, 0.2) is 0 Å². The number of hydrazone groups is 1. The maximum atomic E-state index is 11.1. The second-order valence-electron chi connectivity index (χ2n) is 4.24. The zero-order valence-electron chi connectivity index (χ0n) is 10.9. The lowest BCUT2D eigenvalue weighted by Crippen LogP contribution is -2.11. The molecular weight excluding hydrogens is 274 g/mol. The molecule has 0 saturated heterocycles.